The maximum atomic E-state index is 6.00. The summed E-state index contributed by atoms with van der Waals surface area (Å²) in [6.45, 7) is 7.20. The van der Waals surface area contributed by atoms with Crippen molar-refractivity contribution in [2.75, 3.05) is 51.9 Å². The van der Waals surface area contributed by atoms with E-state index in [1.165, 1.54) is 17.7 Å². The van der Waals surface area contributed by atoms with Crippen molar-refractivity contribution in [2.45, 2.75) is 26.3 Å². The van der Waals surface area contributed by atoms with Crippen LogP contribution < -0.4 is 20.3 Å². The topological polar surface area (TPSA) is 58.1 Å². The van der Waals surface area contributed by atoms with Gasteiger partial charge in [0.1, 0.15) is 5.75 Å². The van der Waals surface area contributed by atoms with Crippen LogP contribution in [0.4, 0.5) is 5.69 Å². The summed E-state index contributed by atoms with van der Waals surface area (Å²) in [6, 6.07) is 17.0. The summed E-state index contributed by atoms with van der Waals surface area (Å²) in [7, 11) is 3.53. The van der Waals surface area contributed by atoms with E-state index in [1.807, 2.05) is 7.05 Å². The molecule has 0 amide bonds. The molecule has 0 bridgehead atoms. The fourth-order valence-electron chi connectivity index (χ4n) is 3.84. The molecule has 1 saturated heterocycles. The molecule has 2 aromatic carbocycles. The summed E-state index contributed by atoms with van der Waals surface area (Å²) < 4.78 is 11.1. The molecule has 32 heavy (non-hydrogen) atoms. The quantitative estimate of drug-likeness (QED) is 0.200. The van der Waals surface area contributed by atoms with E-state index in [4.69, 9.17) is 9.47 Å². The van der Waals surface area contributed by atoms with E-state index in [0.717, 1.165) is 43.3 Å². The molecule has 176 valence electrons. The van der Waals surface area contributed by atoms with E-state index >= 15 is 0 Å². The first-order valence-corrected chi connectivity index (χ1v) is 11.2. The number of hydrogen-bond acceptors (Lipinski definition) is 4. The molecule has 1 atom stereocenters. The molecule has 1 aliphatic rings. The van der Waals surface area contributed by atoms with Crippen LogP contribution in [0, 0.1) is 12.8 Å². The summed E-state index contributed by atoms with van der Waals surface area (Å²) in [5.41, 5.74) is 3.63. The third-order valence-corrected chi connectivity index (χ3v) is 5.61. The van der Waals surface area contributed by atoms with Gasteiger partial charge in [0.2, 0.25) is 0 Å². The van der Waals surface area contributed by atoms with Gasteiger partial charge in [-0.2, -0.15) is 0 Å². The molecule has 1 aliphatic heterocycles. The molecule has 6 nitrogen and oxygen atoms in total. The Morgan fingerprint density at radius 3 is 2.69 bits per heavy atom. The fraction of sp³-hybridized carbons (Fsp3) is 0.480. The van der Waals surface area contributed by atoms with Crippen LogP contribution >= 0.6 is 24.0 Å². The van der Waals surface area contributed by atoms with Crippen LogP contribution in [0.25, 0.3) is 0 Å². The van der Waals surface area contributed by atoms with Crippen molar-refractivity contribution in [3.05, 3.63) is 59.7 Å². The Balaban J connectivity index is 0.00000363. The van der Waals surface area contributed by atoms with E-state index in [9.17, 15) is 0 Å². The molecule has 2 N–H and O–H groups in total. The van der Waals surface area contributed by atoms with Gasteiger partial charge in [-0.05, 0) is 43.0 Å². The maximum Gasteiger partial charge on any atom is 0.191 e. The predicted octanol–water partition coefficient (Wildman–Crippen LogP) is 4.22. The molecule has 0 spiro atoms. The average Bonchev–Trinajstić information content (AvgIpc) is 3.27. The van der Waals surface area contributed by atoms with Crippen molar-refractivity contribution in [3.63, 3.8) is 0 Å². The van der Waals surface area contributed by atoms with Crippen LogP contribution in [0.1, 0.15) is 24.0 Å². The van der Waals surface area contributed by atoms with Gasteiger partial charge in [-0.3, -0.25) is 4.99 Å². The highest BCUT2D eigenvalue weighted by Gasteiger charge is 2.22. The van der Waals surface area contributed by atoms with Crippen LogP contribution in [0.15, 0.2) is 53.5 Å². The van der Waals surface area contributed by atoms with Gasteiger partial charge in [-0.25, -0.2) is 0 Å². The zero-order valence-corrected chi connectivity index (χ0v) is 21.8. The van der Waals surface area contributed by atoms with Crippen molar-refractivity contribution in [1.29, 1.82) is 0 Å². The van der Waals surface area contributed by atoms with Gasteiger partial charge in [0, 0.05) is 64.6 Å². The Bertz CT molecular complexity index is 832. The van der Waals surface area contributed by atoms with Crippen LogP contribution in [-0.2, 0) is 11.3 Å². The number of benzene rings is 2. The Labute approximate surface area is 209 Å². The number of rotatable bonds is 10. The number of guanidine groups is 1. The second kappa shape index (κ2) is 14.2. The smallest absolute Gasteiger partial charge is 0.191 e. The molecular weight excluding hydrogens is 515 g/mol. The first-order chi connectivity index (χ1) is 15.2. The Hall–Kier alpha value is -2.00. The van der Waals surface area contributed by atoms with Crippen molar-refractivity contribution in [3.8, 4) is 5.75 Å². The number of aryl methyl sites for hydroxylation is 1. The van der Waals surface area contributed by atoms with Gasteiger partial charge in [-0.1, -0.05) is 30.3 Å². The molecule has 0 saturated carbocycles. The van der Waals surface area contributed by atoms with Gasteiger partial charge >= 0.3 is 0 Å². The molecular formula is C25H37IN4O2. The lowest BCUT2D eigenvalue weighted by molar-refractivity contribution is 0.171. The number of methoxy groups -OCH3 is 1. The normalized spacial score (nSPS) is 15.9. The van der Waals surface area contributed by atoms with Crippen molar-refractivity contribution >= 4 is 35.6 Å². The van der Waals surface area contributed by atoms with E-state index < -0.39 is 0 Å². The zero-order valence-electron chi connectivity index (χ0n) is 19.5. The van der Waals surface area contributed by atoms with Crippen LogP contribution in [0.2, 0.25) is 0 Å². The molecule has 0 aromatic heterocycles. The van der Waals surface area contributed by atoms with Crippen molar-refractivity contribution < 1.29 is 9.47 Å². The highest BCUT2D eigenvalue weighted by Crippen LogP contribution is 2.23. The minimum atomic E-state index is 0. The fourth-order valence-corrected chi connectivity index (χ4v) is 3.84. The summed E-state index contributed by atoms with van der Waals surface area (Å²) in [5.74, 6) is 2.36. The lowest BCUT2D eigenvalue weighted by Crippen LogP contribution is -2.40. The predicted molar refractivity (Wildman–Crippen MR) is 144 cm³/mol. The molecule has 1 fully saturated rings. The van der Waals surface area contributed by atoms with E-state index in [1.54, 1.807) is 7.11 Å². The number of anilines is 1. The van der Waals surface area contributed by atoms with E-state index in [2.05, 4.69) is 76.0 Å². The van der Waals surface area contributed by atoms with Gasteiger partial charge in [0.25, 0.3) is 0 Å². The minimum absolute atomic E-state index is 0. The summed E-state index contributed by atoms with van der Waals surface area (Å²) in [5, 5.41) is 6.93. The first-order valence-electron chi connectivity index (χ1n) is 11.2. The molecule has 1 heterocycles. The number of nitrogens with zero attached hydrogens (tertiary/aromatic N) is 2. The first kappa shape index (κ1) is 26.3. The maximum absolute atomic E-state index is 6.00. The molecule has 7 heteroatoms. The van der Waals surface area contributed by atoms with Crippen LogP contribution in [0.5, 0.6) is 5.75 Å². The number of halogens is 1. The third kappa shape index (κ3) is 8.16. The minimum Gasteiger partial charge on any atom is -0.493 e. The van der Waals surface area contributed by atoms with Crippen molar-refractivity contribution in [2.24, 2.45) is 10.9 Å². The van der Waals surface area contributed by atoms with Crippen molar-refractivity contribution in [1.82, 2.24) is 10.6 Å². The molecule has 2 aromatic rings. The number of para-hydroxylation sites is 1. The van der Waals surface area contributed by atoms with Gasteiger partial charge in [0.15, 0.2) is 5.96 Å². The second-order valence-corrected chi connectivity index (χ2v) is 8.05. The SMILES string of the molecule is CN=C(NCc1ccc(C)cc1OCCCOC)NCC1CCN(c2ccccc2)C1.I. The largest absolute Gasteiger partial charge is 0.493 e. The summed E-state index contributed by atoms with van der Waals surface area (Å²) in [6.07, 6.45) is 2.07. The number of ether oxygens (including phenoxy) is 2. The lowest BCUT2D eigenvalue weighted by Gasteiger charge is -2.19. The molecule has 1 unspecified atom stereocenters. The van der Waals surface area contributed by atoms with Gasteiger partial charge < -0.3 is 25.0 Å². The second-order valence-electron chi connectivity index (χ2n) is 8.05. The number of aliphatic imine (C=N–C) groups is 1. The summed E-state index contributed by atoms with van der Waals surface area (Å²) >= 11 is 0. The Morgan fingerprint density at radius 2 is 1.94 bits per heavy atom. The van der Waals surface area contributed by atoms with Gasteiger partial charge in [0.05, 0.1) is 6.61 Å². The van der Waals surface area contributed by atoms with Gasteiger partial charge in [-0.15, -0.1) is 24.0 Å². The van der Waals surface area contributed by atoms with Crippen LogP contribution in [0.3, 0.4) is 0 Å². The zero-order chi connectivity index (χ0) is 21.9. The summed E-state index contributed by atoms with van der Waals surface area (Å²) in [4.78, 5) is 6.86. The standard InChI is InChI=1S/C25H36N4O2.HI/c1-20-10-11-22(24(16-20)31-15-7-14-30-3)18-28-25(26-2)27-17-21-12-13-29(19-21)23-8-5-4-6-9-23;/h4-6,8-11,16,21H,7,12-15,17-19H2,1-3H3,(H2,26,27,28);1H. The number of nitrogens with one attached hydrogen (secondary N) is 2. The monoisotopic (exact) mass is 552 g/mol. The Morgan fingerprint density at radius 1 is 1.12 bits per heavy atom. The van der Waals surface area contributed by atoms with E-state index in [-0.39, 0.29) is 24.0 Å². The highest BCUT2D eigenvalue weighted by atomic mass is 127. The number of hydrogen-bond donors (Lipinski definition) is 2. The van der Waals surface area contributed by atoms with E-state index in [0.29, 0.717) is 25.7 Å². The lowest BCUT2D eigenvalue weighted by atomic mass is 10.1. The highest BCUT2D eigenvalue weighted by molar-refractivity contribution is 14.0. The Kier molecular flexibility index (Phi) is 11.7. The third-order valence-electron chi connectivity index (χ3n) is 5.61. The van der Waals surface area contributed by atoms with Crippen LogP contribution in [-0.4, -0.2) is 53.0 Å². The molecule has 0 radical (unpaired) electrons. The molecule has 0 aliphatic carbocycles. The molecule has 3 rings (SSSR count). The average molecular weight is 553 g/mol.